The van der Waals surface area contributed by atoms with Crippen LogP contribution in [0.4, 0.5) is 14.5 Å². The van der Waals surface area contributed by atoms with Crippen LogP contribution in [0.25, 0.3) is 0 Å². The molecule has 4 nitrogen and oxygen atoms in total. The van der Waals surface area contributed by atoms with Crippen molar-refractivity contribution >= 4 is 27.3 Å². The molecule has 0 fully saturated rings. The van der Waals surface area contributed by atoms with E-state index in [0.29, 0.717) is 11.4 Å². The summed E-state index contributed by atoms with van der Waals surface area (Å²) in [5.74, 6) is -2.89. The molecule has 0 aliphatic carbocycles. The van der Waals surface area contributed by atoms with Crippen LogP contribution in [0, 0.1) is 0 Å². The van der Waals surface area contributed by atoms with Gasteiger partial charge in [0.2, 0.25) is 9.84 Å². The first-order valence-corrected chi connectivity index (χ1v) is 8.70. The molecule has 0 saturated carbocycles. The molecule has 0 aromatic heterocycles. The van der Waals surface area contributed by atoms with Gasteiger partial charge in [-0.1, -0.05) is 0 Å². The maximum atomic E-state index is 12.3. The Hall–Kier alpha value is -0.860. The fourth-order valence-corrected chi connectivity index (χ4v) is 2.96. The van der Waals surface area contributed by atoms with Gasteiger partial charge in [-0.15, -0.1) is 0 Å². The summed E-state index contributed by atoms with van der Waals surface area (Å²) < 4.78 is 47.2. The number of sulfone groups is 1. The highest BCUT2D eigenvalue weighted by Crippen LogP contribution is 2.21. The number of aliphatic hydroxyl groups is 1. The van der Waals surface area contributed by atoms with Crippen LogP contribution in [-0.2, 0) is 9.84 Å². The zero-order chi connectivity index (χ0) is 15.4. The van der Waals surface area contributed by atoms with Crippen LogP contribution < -0.4 is 5.32 Å². The third kappa shape index (κ3) is 4.60. The number of nitrogens with one attached hydrogen (secondary N) is 1. The molecule has 0 aliphatic rings. The lowest BCUT2D eigenvalue weighted by atomic mass is 10.1. The summed E-state index contributed by atoms with van der Waals surface area (Å²) in [5, 5.41) is 12.9. The average molecular weight is 325 g/mol. The molecule has 0 heterocycles. The Balaban J connectivity index is 2.74. The molecule has 1 unspecified atom stereocenters. The highest BCUT2D eigenvalue weighted by molar-refractivity contribution is 7.98. The van der Waals surface area contributed by atoms with Crippen molar-refractivity contribution in [2.45, 2.75) is 23.2 Å². The summed E-state index contributed by atoms with van der Waals surface area (Å²) in [7, 11) is -4.56. The normalized spacial score (nSPS) is 15.1. The van der Waals surface area contributed by atoms with E-state index in [-0.39, 0.29) is 6.54 Å². The smallest absolute Gasteiger partial charge is 0.341 e. The van der Waals surface area contributed by atoms with Crippen molar-refractivity contribution in [1.29, 1.82) is 0 Å². The molecule has 0 amide bonds. The van der Waals surface area contributed by atoms with Gasteiger partial charge in [0.05, 0.1) is 10.5 Å². The Labute approximate surface area is 121 Å². The van der Waals surface area contributed by atoms with Crippen molar-refractivity contribution in [3.63, 3.8) is 0 Å². The zero-order valence-electron chi connectivity index (χ0n) is 11.1. The highest BCUT2D eigenvalue weighted by atomic mass is 32.2. The monoisotopic (exact) mass is 325 g/mol. The van der Waals surface area contributed by atoms with Crippen molar-refractivity contribution in [1.82, 2.24) is 0 Å². The van der Waals surface area contributed by atoms with E-state index in [2.05, 4.69) is 5.32 Å². The summed E-state index contributed by atoms with van der Waals surface area (Å²) in [6.07, 6.45) is 1.87. The quantitative estimate of drug-likeness (QED) is 0.804. The molecule has 1 rings (SSSR count). The van der Waals surface area contributed by atoms with E-state index >= 15 is 0 Å². The Kier molecular flexibility index (Phi) is 5.79. The van der Waals surface area contributed by atoms with Gasteiger partial charge in [-0.2, -0.15) is 20.5 Å². The minimum Gasteiger partial charge on any atom is -0.387 e. The maximum Gasteiger partial charge on any atom is 0.341 e. The highest BCUT2D eigenvalue weighted by Gasteiger charge is 2.26. The zero-order valence-corrected chi connectivity index (χ0v) is 12.8. The number of rotatable bonds is 7. The molecular weight excluding hydrogens is 308 g/mol. The summed E-state index contributed by atoms with van der Waals surface area (Å²) in [4.78, 5) is -0.422. The molecule has 8 heteroatoms. The molecule has 1 aromatic carbocycles. The Morgan fingerprint density at radius 1 is 1.35 bits per heavy atom. The number of hydrogen-bond acceptors (Lipinski definition) is 5. The van der Waals surface area contributed by atoms with E-state index < -0.39 is 26.1 Å². The number of anilines is 1. The molecule has 2 N–H and O–H groups in total. The number of hydrogen-bond donors (Lipinski definition) is 2. The van der Waals surface area contributed by atoms with Gasteiger partial charge in [0, 0.05) is 18.0 Å². The van der Waals surface area contributed by atoms with E-state index in [1.54, 1.807) is 6.92 Å². The maximum absolute atomic E-state index is 12.3. The van der Waals surface area contributed by atoms with Gasteiger partial charge in [-0.3, -0.25) is 0 Å². The molecule has 114 valence electrons. The molecule has 0 radical (unpaired) electrons. The second-order valence-corrected chi connectivity index (χ2v) is 7.40. The fourth-order valence-electron chi connectivity index (χ4n) is 1.52. The van der Waals surface area contributed by atoms with Crippen LogP contribution in [0.3, 0.4) is 0 Å². The van der Waals surface area contributed by atoms with E-state index in [0.717, 1.165) is 12.1 Å². The van der Waals surface area contributed by atoms with Crippen molar-refractivity contribution in [2.24, 2.45) is 0 Å². The summed E-state index contributed by atoms with van der Waals surface area (Å²) >= 11 is 1.50. The molecule has 0 saturated heterocycles. The van der Waals surface area contributed by atoms with Gasteiger partial charge in [0.1, 0.15) is 0 Å². The Bertz CT molecular complexity index is 530. The van der Waals surface area contributed by atoms with Gasteiger partial charge in [-0.05, 0) is 37.4 Å². The SMILES string of the molecule is CSCC(C)(O)CNc1ccc(S(=O)(=O)C(F)F)cc1. The van der Waals surface area contributed by atoms with Crippen molar-refractivity contribution in [3.05, 3.63) is 24.3 Å². The van der Waals surface area contributed by atoms with E-state index in [9.17, 15) is 22.3 Å². The molecule has 1 aromatic rings. The topological polar surface area (TPSA) is 66.4 Å². The van der Waals surface area contributed by atoms with E-state index in [4.69, 9.17) is 0 Å². The van der Waals surface area contributed by atoms with Gasteiger partial charge in [0.15, 0.2) is 0 Å². The third-order valence-electron chi connectivity index (χ3n) is 2.55. The third-order valence-corrected chi connectivity index (χ3v) is 4.85. The fraction of sp³-hybridized carbons (Fsp3) is 0.500. The van der Waals surface area contributed by atoms with Gasteiger partial charge in [0.25, 0.3) is 0 Å². The first kappa shape index (κ1) is 17.2. The average Bonchev–Trinajstić information content (AvgIpc) is 2.37. The largest absolute Gasteiger partial charge is 0.387 e. The predicted octanol–water partition coefficient (Wildman–Crippen LogP) is 2.21. The second kappa shape index (κ2) is 6.73. The van der Waals surface area contributed by atoms with Gasteiger partial charge < -0.3 is 10.4 Å². The predicted molar refractivity (Wildman–Crippen MR) is 77.1 cm³/mol. The molecule has 0 aliphatic heterocycles. The first-order chi connectivity index (χ1) is 9.19. The lowest BCUT2D eigenvalue weighted by molar-refractivity contribution is 0.0997. The van der Waals surface area contributed by atoms with Crippen LogP contribution in [0.5, 0.6) is 0 Å². The van der Waals surface area contributed by atoms with E-state index in [1.807, 2.05) is 6.26 Å². The lowest BCUT2D eigenvalue weighted by Gasteiger charge is -2.23. The van der Waals surface area contributed by atoms with Crippen LogP contribution in [0.2, 0.25) is 0 Å². The lowest BCUT2D eigenvalue weighted by Crippen LogP contribution is -2.36. The minimum atomic E-state index is -4.56. The number of halogens is 2. The molecule has 0 bridgehead atoms. The molecular formula is C12H17F2NO3S2. The summed E-state index contributed by atoms with van der Waals surface area (Å²) in [6.45, 7) is 1.95. The van der Waals surface area contributed by atoms with Crippen molar-refractivity contribution < 1.29 is 22.3 Å². The number of benzene rings is 1. The Morgan fingerprint density at radius 3 is 2.35 bits per heavy atom. The van der Waals surface area contributed by atoms with Crippen molar-refractivity contribution in [3.8, 4) is 0 Å². The number of thioether (sulfide) groups is 1. The number of alkyl halides is 2. The summed E-state index contributed by atoms with van der Waals surface area (Å²) in [6, 6.07) is 5.02. The first-order valence-electron chi connectivity index (χ1n) is 5.76. The van der Waals surface area contributed by atoms with Gasteiger partial charge in [-0.25, -0.2) is 8.42 Å². The molecule has 0 spiro atoms. The van der Waals surface area contributed by atoms with Crippen LogP contribution >= 0.6 is 11.8 Å². The van der Waals surface area contributed by atoms with Crippen LogP contribution in [0.1, 0.15) is 6.92 Å². The van der Waals surface area contributed by atoms with Crippen LogP contribution in [-0.4, -0.2) is 43.4 Å². The second-order valence-electron chi connectivity index (χ2n) is 4.61. The van der Waals surface area contributed by atoms with Gasteiger partial charge >= 0.3 is 5.76 Å². The molecule has 20 heavy (non-hydrogen) atoms. The van der Waals surface area contributed by atoms with E-state index in [1.165, 1.54) is 23.9 Å². The van der Waals surface area contributed by atoms with Crippen molar-refractivity contribution in [2.75, 3.05) is 23.9 Å². The van der Waals surface area contributed by atoms with Crippen LogP contribution in [0.15, 0.2) is 29.2 Å². The summed E-state index contributed by atoms with van der Waals surface area (Å²) in [5.41, 5.74) is -0.354. The Morgan fingerprint density at radius 2 is 1.90 bits per heavy atom. The minimum absolute atomic E-state index is 0.273. The standard InChI is InChI=1S/C12H17F2NO3S2/c1-12(16,8-19-2)7-15-9-3-5-10(6-4-9)20(17,18)11(13)14/h3-6,11,15-16H,7-8H2,1-2H3. The molecule has 1 atom stereocenters.